The lowest BCUT2D eigenvalue weighted by Crippen LogP contribution is -2.63. The number of carbonyl (C=O) groups is 1. The molecule has 4 fully saturated rings. The third-order valence-corrected chi connectivity index (χ3v) is 16.8. The van der Waals surface area contributed by atoms with Crippen LogP contribution < -0.4 is 29.1 Å². The van der Waals surface area contributed by atoms with E-state index in [-0.39, 0.29) is 93.5 Å². The number of hydrogen-bond donors (Lipinski definition) is 4. The van der Waals surface area contributed by atoms with Crippen LogP contribution in [-0.2, 0) is 15.9 Å². The fraction of sp³-hybridized carbons (Fsp3) is 0.490. The first-order valence-electron chi connectivity index (χ1n) is 24.4. The van der Waals surface area contributed by atoms with Crippen molar-refractivity contribution >= 4 is 44.0 Å². The van der Waals surface area contributed by atoms with Crippen molar-refractivity contribution in [3.05, 3.63) is 99.5 Å². The summed E-state index contributed by atoms with van der Waals surface area (Å²) in [5.41, 5.74) is 0.233. The summed E-state index contributed by atoms with van der Waals surface area (Å²) >= 11 is 0. The standard InChI is InChI=1S/C51H58F3N7O9S/c1-4-68-48-44(25-36-38(52)26-55-46(36)57-48)70-42-22-31(59-20-18-51(19-21-59)28-60(29-51)40-11-7-9-34(40)33-8-5-6-10-37(33)50(3,53)54)12-13-35(42)47(62)58-71(66,67)32-23-41(61(64)65)45-43(24-32)69-27-39(56-45)30-14-16-49(2,63)17-15-30/h5-6,8,10,12-13,22-26,30,34,39-40,56,63H,4,7,9,11,14-21,27-29H2,1-3H3,(H,55,57)(H,58,62)/t30-,34-,39-,40-,49-/m1/s1. The van der Waals surface area contributed by atoms with Gasteiger partial charge < -0.3 is 34.5 Å². The molecule has 0 radical (unpaired) electrons. The van der Waals surface area contributed by atoms with Gasteiger partial charge in [-0.25, -0.2) is 26.3 Å². The van der Waals surface area contributed by atoms with E-state index in [1.807, 2.05) is 12.1 Å². The van der Waals surface area contributed by atoms with Crippen LogP contribution >= 0.6 is 0 Å². The van der Waals surface area contributed by atoms with Gasteiger partial charge in [0.2, 0.25) is 0 Å². The van der Waals surface area contributed by atoms with E-state index in [0.29, 0.717) is 44.5 Å². The molecule has 4 N–H and O–H groups in total. The number of nitro benzene ring substituents is 1. The topological polar surface area (TPSA) is 201 Å². The van der Waals surface area contributed by atoms with Crippen LogP contribution in [0.3, 0.4) is 0 Å². The molecular weight excluding hydrogens is 944 g/mol. The van der Waals surface area contributed by atoms with Gasteiger partial charge in [0.15, 0.2) is 17.2 Å². The van der Waals surface area contributed by atoms with E-state index in [4.69, 9.17) is 14.2 Å². The Kier molecular flexibility index (Phi) is 12.6. The minimum atomic E-state index is -4.79. The molecule has 3 aliphatic heterocycles. The SMILES string of the molecule is CCOc1nc2[nH]cc(F)c2cc1Oc1cc(N2CCC3(CC2)CN([C@@H]2CCC[C@@H]2c2ccccc2C(C)(F)F)C3)ccc1C(=O)NS(=O)(=O)c1cc2c(c([N+](=O)[O-])c1)N[C@@H]([C@H]1CC[C@](C)(O)CC1)CO2. The highest BCUT2D eigenvalue weighted by Crippen LogP contribution is 2.50. The summed E-state index contributed by atoms with van der Waals surface area (Å²) in [5.74, 6) is -4.75. The number of nitrogens with zero attached hydrogens (tertiary/aromatic N) is 4. The van der Waals surface area contributed by atoms with Crippen LogP contribution in [0.25, 0.3) is 11.0 Å². The van der Waals surface area contributed by atoms with Gasteiger partial charge in [-0.1, -0.05) is 30.7 Å². The average molecular weight is 1000 g/mol. The molecule has 0 unspecified atom stereocenters. The lowest BCUT2D eigenvalue weighted by atomic mass is 9.70. The Morgan fingerprint density at radius 3 is 2.51 bits per heavy atom. The number of nitrogens with one attached hydrogen (secondary N) is 3. The summed E-state index contributed by atoms with van der Waals surface area (Å²) < 4.78 is 92.7. The van der Waals surface area contributed by atoms with Crippen LogP contribution in [0, 0.1) is 27.3 Å². The normalized spacial score (nSPS) is 24.4. The number of H-pyrrole nitrogens is 1. The van der Waals surface area contributed by atoms with Crippen molar-refractivity contribution < 1.29 is 50.6 Å². The lowest BCUT2D eigenvalue weighted by molar-refractivity contribution is -0.384. The molecule has 1 amide bonds. The second kappa shape index (κ2) is 18.5. The molecule has 2 saturated carbocycles. The van der Waals surface area contributed by atoms with Crippen molar-refractivity contribution in [2.45, 2.75) is 113 Å². The fourth-order valence-corrected chi connectivity index (χ4v) is 12.7. The summed E-state index contributed by atoms with van der Waals surface area (Å²) in [6, 6.07) is 14.9. The van der Waals surface area contributed by atoms with Gasteiger partial charge in [-0.05, 0) is 100 Å². The van der Waals surface area contributed by atoms with E-state index >= 15 is 0 Å². The second-order valence-corrected chi connectivity index (χ2v) is 22.1. The molecule has 71 heavy (non-hydrogen) atoms. The van der Waals surface area contributed by atoms with E-state index in [2.05, 4.69) is 29.8 Å². The van der Waals surface area contributed by atoms with Gasteiger partial charge >= 0.3 is 0 Å². The molecule has 5 aliphatic rings. The smallest absolute Gasteiger partial charge is 0.297 e. The van der Waals surface area contributed by atoms with Gasteiger partial charge in [-0.15, -0.1) is 0 Å². The molecule has 2 aliphatic carbocycles. The number of ether oxygens (including phenoxy) is 3. The van der Waals surface area contributed by atoms with Gasteiger partial charge in [0.05, 0.1) is 39.0 Å². The van der Waals surface area contributed by atoms with Crippen LogP contribution in [0.1, 0.15) is 106 Å². The Morgan fingerprint density at radius 2 is 1.79 bits per heavy atom. The minimum absolute atomic E-state index is 0.00958. The highest BCUT2D eigenvalue weighted by atomic mass is 32.2. The Bertz CT molecular complexity index is 2980. The second-order valence-electron chi connectivity index (χ2n) is 20.4. The van der Waals surface area contributed by atoms with E-state index in [1.54, 1.807) is 38.1 Å². The summed E-state index contributed by atoms with van der Waals surface area (Å²) in [5, 5.41) is 26.2. The fourth-order valence-electron chi connectivity index (χ4n) is 11.7. The van der Waals surface area contributed by atoms with Crippen molar-refractivity contribution in [3.8, 4) is 23.1 Å². The highest BCUT2D eigenvalue weighted by Gasteiger charge is 2.50. The van der Waals surface area contributed by atoms with Gasteiger partial charge in [-0.2, -0.15) is 4.98 Å². The number of benzene rings is 3. The van der Waals surface area contributed by atoms with E-state index in [1.165, 1.54) is 12.1 Å². The van der Waals surface area contributed by atoms with Gasteiger partial charge in [0.1, 0.15) is 23.8 Å². The number of carbonyl (C=O) groups excluding carboxylic acids is 1. The molecule has 3 aromatic carbocycles. The zero-order valence-corrected chi connectivity index (χ0v) is 40.6. The molecule has 2 saturated heterocycles. The molecule has 16 nitrogen and oxygen atoms in total. The Labute approximate surface area is 409 Å². The summed E-state index contributed by atoms with van der Waals surface area (Å²) in [6.07, 6.45) is 8.11. The Balaban J connectivity index is 0.889. The summed E-state index contributed by atoms with van der Waals surface area (Å²) in [4.78, 5) is 37.2. The van der Waals surface area contributed by atoms with Gasteiger partial charge in [0.25, 0.3) is 33.4 Å². The number of halogens is 3. The zero-order valence-electron chi connectivity index (χ0n) is 39.8. The quantitative estimate of drug-likeness (QED) is 0.0643. The maximum absolute atomic E-state index is 14.9. The number of nitro groups is 1. The Morgan fingerprint density at radius 1 is 1.04 bits per heavy atom. The maximum atomic E-state index is 14.9. The van der Waals surface area contributed by atoms with Crippen LogP contribution in [0.15, 0.2) is 71.8 Å². The number of aliphatic hydroxyl groups is 1. The number of amides is 1. The lowest BCUT2D eigenvalue weighted by Gasteiger charge is -2.57. The van der Waals surface area contributed by atoms with Crippen LogP contribution in [0.4, 0.5) is 30.2 Å². The molecule has 3 atom stereocenters. The molecule has 10 rings (SSSR count). The maximum Gasteiger partial charge on any atom is 0.297 e. The number of hydrogen-bond acceptors (Lipinski definition) is 13. The van der Waals surface area contributed by atoms with Crippen molar-refractivity contribution in [2.24, 2.45) is 11.3 Å². The predicted molar refractivity (Wildman–Crippen MR) is 259 cm³/mol. The molecule has 2 aromatic heterocycles. The van der Waals surface area contributed by atoms with E-state index in [9.17, 15) is 41.6 Å². The van der Waals surface area contributed by atoms with E-state index in [0.717, 1.165) is 76.0 Å². The van der Waals surface area contributed by atoms with Gasteiger partial charge in [0, 0.05) is 80.9 Å². The predicted octanol–water partition coefficient (Wildman–Crippen LogP) is 9.38. The van der Waals surface area contributed by atoms with Crippen molar-refractivity contribution in [1.82, 2.24) is 19.6 Å². The number of pyridine rings is 1. The van der Waals surface area contributed by atoms with Crippen molar-refractivity contribution in [1.29, 1.82) is 0 Å². The van der Waals surface area contributed by atoms with Crippen LogP contribution in [-0.4, -0.2) is 96.3 Å². The number of aromatic nitrogens is 2. The summed E-state index contributed by atoms with van der Waals surface area (Å²) in [6.45, 7) is 7.77. The number of rotatable bonds is 13. The third-order valence-electron chi connectivity index (χ3n) is 15.5. The first kappa shape index (κ1) is 48.5. The first-order chi connectivity index (χ1) is 33.8. The molecule has 20 heteroatoms. The number of fused-ring (bicyclic) bond motifs is 2. The minimum Gasteiger partial charge on any atom is -0.489 e. The molecule has 1 spiro atoms. The van der Waals surface area contributed by atoms with Crippen molar-refractivity contribution in [3.63, 3.8) is 0 Å². The van der Waals surface area contributed by atoms with Crippen molar-refractivity contribution in [2.75, 3.05) is 49.6 Å². The number of sulfonamides is 1. The molecule has 5 aromatic rings. The number of anilines is 2. The van der Waals surface area contributed by atoms with Crippen LogP contribution in [0.2, 0.25) is 0 Å². The molecular formula is C51H58F3N7O9S. The number of likely N-dealkylation sites (tertiary alicyclic amines) is 1. The first-order valence-corrected chi connectivity index (χ1v) is 25.9. The molecule has 0 bridgehead atoms. The molecule has 378 valence electrons. The summed E-state index contributed by atoms with van der Waals surface area (Å²) in [7, 11) is -4.79. The number of aromatic amines is 1. The molecule has 5 heterocycles. The van der Waals surface area contributed by atoms with Gasteiger partial charge in [-0.3, -0.25) is 19.8 Å². The number of piperidine rings is 1. The highest BCUT2D eigenvalue weighted by molar-refractivity contribution is 7.90. The average Bonchev–Trinajstić information content (AvgIpc) is 3.96. The largest absolute Gasteiger partial charge is 0.489 e. The third kappa shape index (κ3) is 9.57. The Hall–Kier alpha value is -6.12. The zero-order chi connectivity index (χ0) is 50.0. The number of alkyl halides is 2. The van der Waals surface area contributed by atoms with E-state index < -0.39 is 48.8 Å². The monoisotopic (exact) mass is 1000 g/mol. The van der Waals surface area contributed by atoms with Crippen LogP contribution in [0.5, 0.6) is 23.1 Å².